The average molecular weight is 590 g/mol. The summed E-state index contributed by atoms with van der Waals surface area (Å²) in [4.78, 5) is 28.7. The Balaban J connectivity index is 1.69. The van der Waals surface area contributed by atoms with E-state index in [1.54, 1.807) is 57.4 Å². The molecule has 40 heavy (non-hydrogen) atoms. The van der Waals surface area contributed by atoms with Gasteiger partial charge in [0.05, 0.1) is 52.8 Å². The summed E-state index contributed by atoms with van der Waals surface area (Å²) in [5, 5.41) is 7.49. The first kappa shape index (κ1) is 29.2. The molecule has 1 aliphatic heterocycles. The number of methoxy groups -OCH3 is 4. The first-order chi connectivity index (χ1) is 19.3. The second-order valence-electron chi connectivity index (χ2n) is 8.75. The van der Waals surface area contributed by atoms with Gasteiger partial charge in [0.15, 0.2) is 11.5 Å². The molecule has 0 fully saturated rings. The fourth-order valence-corrected chi connectivity index (χ4v) is 5.94. The highest BCUT2D eigenvalue weighted by Crippen LogP contribution is 2.40. The third-order valence-electron chi connectivity index (χ3n) is 6.45. The molecule has 2 aromatic carbocycles. The van der Waals surface area contributed by atoms with Crippen molar-refractivity contribution in [2.75, 3.05) is 52.2 Å². The van der Waals surface area contributed by atoms with Crippen molar-refractivity contribution in [2.24, 2.45) is 0 Å². The van der Waals surface area contributed by atoms with Crippen LogP contribution in [0.15, 0.2) is 30.3 Å². The Morgan fingerprint density at radius 2 is 1.68 bits per heavy atom. The molecule has 0 radical (unpaired) electrons. The molecule has 2 heterocycles. The Bertz CT molecular complexity index is 1390. The molecule has 2 amide bonds. The predicted molar refractivity (Wildman–Crippen MR) is 155 cm³/mol. The normalized spacial score (nSPS) is 12.3. The van der Waals surface area contributed by atoms with E-state index in [4.69, 9.17) is 35.3 Å². The van der Waals surface area contributed by atoms with Gasteiger partial charge >= 0.3 is 6.09 Å². The Morgan fingerprint density at radius 3 is 2.35 bits per heavy atom. The molecule has 0 bridgehead atoms. The van der Waals surface area contributed by atoms with Gasteiger partial charge in [-0.15, -0.1) is 11.3 Å². The van der Waals surface area contributed by atoms with Crippen LogP contribution < -0.4 is 29.6 Å². The van der Waals surface area contributed by atoms with E-state index in [1.807, 2.05) is 6.07 Å². The summed E-state index contributed by atoms with van der Waals surface area (Å²) in [6.45, 7) is 3.19. The first-order valence-electron chi connectivity index (χ1n) is 12.6. The van der Waals surface area contributed by atoms with Crippen molar-refractivity contribution in [3.63, 3.8) is 0 Å². The van der Waals surface area contributed by atoms with Crippen LogP contribution in [-0.4, -0.2) is 58.5 Å². The smallest absolute Gasteiger partial charge is 0.410 e. The van der Waals surface area contributed by atoms with Gasteiger partial charge in [-0.05, 0) is 43.2 Å². The van der Waals surface area contributed by atoms with E-state index in [-0.39, 0.29) is 12.0 Å². The molecule has 0 saturated heterocycles. The number of nitrogens with one attached hydrogen (secondary N) is 2. The number of anilines is 2. The fraction of sp³-hybridized carbons (Fsp3) is 0.357. The average Bonchev–Trinajstić information content (AvgIpc) is 3.33. The zero-order valence-electron chi connectivity index (χ0n) is 23.0. The van der Waals surface area contributed by atoms with E-state index in [1.165, 1.54) is 18.4 Å². The van der Waals surface area contributed by atoms with Crippen LogP contribution in [0.5, 0.6) is 23.0 Å². The van der Waals surface area contributed by atoms with Crippen LogP contribution in [0.1, 0.15) is 33.3 Å². The summed E-state index contributed by atoms with van der Waals surface area (Å²) in [5.74, 6) is 1.88. The summed E-state index contributed by atoms with van der Waals surface area (Å²) in [6.07, 6.45) is 0.127. The highest BCUT2D eigenvalue weighted by Gasteiger charge is 2.31. The summed E-state index contributed by atoms with van der Waals surface area (Å²) in [6, 6.07) is 8.61. The Morgan fingerprint density at radius 1 is 0.975 bits per heavy atom. The van der Waals surface area contributed by atoms with Crippen LogP contribution in [-0.2, 0) is 24.2 Å². The van der Waals surface area contributed by atoms with E-state index in [0.29, 0.717) is 76.9 Å². The lowest BCUT2D eigenvalue weighted by atomic mass is 10.0. The number of carbonyl (C=O) groups excluding carboxylic acids is 2. The minimum atomic E-state index is -0.374. The number of benzene rings is 2. The molecule has 4 rings (SSSR count). The molecule has 0 spiro atoms. The van der Waals surface area contributed by atoms with E-state index in [2.05, 4.69) is 10.6 Å². The topological polar surface area (TPSA) is 108 Å². The van der Waals surface area contributed by atoms with Crippen LogP contribution in [0, 0.1) is 0 Å². The van der Waals surface area contributed by atoms with Crippen LogP contribution in [0.2, 0.25) is 5.02 Å². The van der Waals surface area contributed by atoms with E-state index >= 15 is 0 Å². The van der Waals surface area contributed by atoms with Crippen molar-refractivity contribution in [3.05, 3.63) is 56.9 Å². The summed E-state index contributed by atoms with van der Waals surface area (Å²) < 4.78 is 27.1. The quantitative estimate of drug-likeness (QED) is 0.305. The molecule has 0 aliphatic carbocycles. The summed E-state index contributed by atoms with van der Waals surface area (Å²) in [5.41, 5.74) is 2.65. The van der Waals surface area contributed by atoms with E-state index in [0.717, 1.165) is 16.0 Å². The largest absolute Gasteiger partial charge is 0.496 e. The van der Waals surface area contributed by atoms with Crippen LogP contribution >= 0.6 is 22.9 Å². The lowest BCUT2D eigenvalue weighted by Crippen LogP contribution is -2.36. The summed E-state index contributed by atoms with van der Waals surface area (Å²) in [7, 11) is 6.23. The van der Waals surface area contributed by atoms with Gasteiger partial charge in [0.2, 0.25) is 0 Å². The van der Waals surface area contributed by atoms with Crippen molar-refractivity contribution < 1.29 is 33.3 Å². The molecule has 0 atom stereocenters. The minimum Gasteiger partial charge on any atom is -0.496 e. The van der Waals surface area contributed by atoms with Gasteiger partial charge in [-0.3, -0.25) is 4.79 Å². The SMILES string of the molecule is CCOC(=O)N1CCc2c(sc(NCc3cc(OC)c(OC)cc3OC)c2C(=O)Nc2cc(Cl)ccc2OC)C1. The van der Waals surface area contributed by atoms with Crippen molar-refractivity contribution in [3.8, 4) is 23.0 Å². The third-order valence-corrected chi connectivity index (χ3v) is 7.86. The van der Waals surface area contributed by atoms with Crippen LogP contribution in [0.25, 0.3) is 0 Å². The second kappa shape index (κ2) is 13.0. The zero-order valence-corrected chi connectivity index (χ0v) is 24.6. The molecule has 214 valence electrons. The predicted octanol–water partition coefficient (Wildman–Crippen LogP) is 5.81. The molecule has 10 nitrogen and oxygen atoms in total. The number of rotatable bonds is 10. The molecule has 1 aromatic heterocycles. The molecule has 0 saturated carbocycles. The minimum absolute atomic E-state index is 0.293. The van der Waals surface area contributed by atoms with Crippen LogP contribution in [0.3, 0.4) is 0 Å². The van der Waals surface area contributed by atoms with Gasteiger partial charge in [0.1, 0.15) is 16.5 Å². The lowest BCUT2D eigenvalue weighted by Gasteiger charge is -2.26. The maximum atomic E-state index is 13.8. The molecular formula is C28H32ClN3O7S. The number of ether oxygens (including phenoxy) is 5. The number of thiophene rings is 1. The third kappa shape index (κ3) is 6.15. The monoisotopic (exact) mass is 589 g/mol. The van der Waals surface area contributed by atoms with E-state index < -0.39 is 0 Å². The van der Waals surface area contributed by atoms with Gasteiger partial charge in [-0.1, -0.05) is 11.6 Å². The standard InChI is InChI=1S/C28H32ClN3O7S/c1-6-39-28(34)32-10-9-18-24(15-32)40-27(25(18)26(33)31-19-12-17(29)7-8-20(19)35-2)30-14-16-11-22(37-4)23(38-5)13-21(16)36-3/h7-8,11-13,30H,6,9-10,14-15H2,1-5H3,(H,31,33). The Hall–Kier alpha value is -3.83. The number of nitrogens with zero attached hydrogens (tertiary/aromatic N) is 1. The maximum absolute atomic E-state index is 13.8. The van der Waals surface area contributed by atoms with Crippen molar-refractivity contribution in [1.29, 1.82) is 0 Å². The molecule has 1 aliphatic rings. The Labute approximate surface area is 242 Å². The molecular weight excluding hydrogens is 558 g/mol. The second-order valence-corrected chi connectivity index (χ2v) is 10.3. The maximum Gasteiger partial charge on any atom is 0.410 e. The Kier molecular flexibility index (Phi) is 9.49. The fourth-order valence-electron chi connectivity index (χ4n) is 4.51. The summed E-state index contributed by atoms with van der Waals surface area (Å²) >= 11 is 7.62. The number of hydrogen-bond donors (Lipinski definition) is 2. The first-order valence-corrected chi connectivity index (χ1v) is 13.8. The zero-order chi connectivity index (χ0) is 28.8. The van der Waals surface area contributed by atoms with Crippen molar-refractivity contribution >= 4 is 45.6 Å². The number of fused-ring (bicyclic) bond motifs is 1. The van der Waals surface area contributed by atoms with Crippen molar-refractivity contribution in [2.45, 2.75) is 26.4 Å². The highest BCUT2D eigenvalue weighted by atomic mass is 35.5. The number of hydrogen-bond acceptors (Lipinski definition) is 9. The van der Waals surface area contributed by atoms with Gasteiger partial charge in [0, 0.05) is 34.6 Å². The van der Waals surface area contributed by atoms with Gasteiger partial charge in [-0.2, -0.15) is 0 Å². The van der Waals surface area contributed by atoms with Gasteiger partial charge in [0.25, 0.3) is 5.91 Å². The van der Waals surface area contributed by atoms with Crippen molar-refractivity contribution in [1.82, 2.24) is 4.90 Å². The lowest BCUT2D eigenvalue weighted by molar-refractivity contribution is 0.102. The number of halogens is 1. The highest BCUT2D eigenvalue weighted by molar-refractivity contribution is 7.16. The number of carbonyl (C=O) groups is 2. The van der Waals surface area contributed by atoms with Gasteiger partial charge in [-0.25, -0.2) is 4.79 Å². The molecule has 12 heteroatoms. The number of amides is 2. The van der Waals surface area contributed by atoms with Crippen LogP contribution in [0.4, 0.5) is 15.5 Å². The molecule has 3 aromatic rings. The molecule has 2 N–H and O–H groups in total. The van der Waals surface area contributed by atoms with Gasteiger partial charge < -0.3 is 39.2 Å². The molecule has 0 unspecified atom stereocenters. The van der Waals surface area contributed by atoms with E-state index in [9.17, 15) is 9.59 Å².